The molecule has 0 spiro atoms. The highest BCUT2D eigenvalue weighted by molar-refractivity contribution is 6.22. The zero-order valence-electron chi connectivity index (χ0n) is 18.9. The van der Waals surface area contributed by atoms with E-state index in [1.165, 1.54) is 18.5 Å². The molecule has 2 aromatic carbocycles. The molecule has 1 aromatic heterocycles. The fraction of sp³-hybridized carbons (Fsp3) is 0.269. The summed E-state index contributed by atoms with van der Waals surface area (Å²) >= 11 is 6.41. The Morgan fingerprint density at radius 1 is 1.20 bits per heavy atom. The highest BCUT2D eigenvalue weighted by Crippen LogP contribution is 2.41. The van der Waals surface area contributed by atoms with Gasteiger partial charge in [0.05, 0.1) is 5.41 Å². The number of ether oxygens (including phenoxy) is 1. The van der Waals surface area contributed by atoms with E-state index >= 15 is 0 Å². The average molecular weight is 502 g/mol. The molecule has 182 valence electrons. The molecule has 2 heterocycles. The molecule has 1 aliphatic rings. The lowest BCUT2D eigenvalue weighted by Crippen LogP contribution is -2.52. The van der Waals surface area contributed by atoms with E-state index in [1.54, 1.807) is 35.5 Å². The van der Waals surface area contributed by atoms with Crippen LogP contribution in [-0.2, 0) is 23.2 Å². The number of fused-ring (bicyclic) bond motifs is 1. The summed E-state index contributed by atoms with van der Waals surface area (Å²) in [6.07, 6.45) is 2.19. The summed E-state index contributed by atoms with van der Waals surface area (Å²) in [6, 6.07) is 12.2. The van der Waals surface area contributed by atoms with Gasteiger partial charge in [0.1, 0.15) is 17.6 Å². The minimum absolute atomic E-state index is 0.111. The smallest absolute Gasteiger partial charge is 0.422 e. The molecule has 2 unspecified atom stereocenters. The van der Waals surface area contributed by atoms with E-state index in [1.807, 2.05) is 25.1 Å². The third-order valence-electron chi connectivity index (χ3n) is 6.01. The number of alkyl halides is 4. The van der Waals surface area contributed by atoms with Crippen LogP contribution in [0.5, 0.6) is 5.75 Å². The Bertz CT molecular complexity index is 1240. The van der Waals surface area contributed by atoms with E-state index < -0.39 is 23.7 Å². The standard InChI is InChI=1S/C26H23ClF3N3O2/c1-3-23(27)33-14-20-8-7-19(18-5-4-6-21(9-18)35-15-26(28,29)30)10-22(20)25(2,24(33)34)11-17-12-31-16-32-13-17/h3-10,12-13,16,23H,1,11,14-15H2,2H3. The van der Waals surface area contributed by atoms with E-state index in [0.717, 1.165) is 22.3 Å². The molecule has 5 nitrogen and oxygen atoms in total. The van der Waals surface area contributed by atoms with Crippen LogP contribution in [0.25, 0.3) is 11.1 Å². The van der Waals surface area contributed by atoms with Crippen molar-refractivity contribution in [1.82, 2.24) is 14.9 Å². The van der Waals surface area contributed by atoms with Crippen molar-refractivity contribution in [2.24, 2.45) is 0 Å². The number of nitrogens with zero attached hydrogens (tertiary/aromatic N) is 3. The van der Waals surface area contributed by atoms with Gasteiger partial charge in [0.25, 0.3) is 0 Å². The Morgan fingerprint density at radius 2 is 1.91 bits per heavy atom. The summed E-state index contributed by atoms with van der Waals surface area (Å²) in [6.45, 7) is 4.52. The molecule has 35 heavy (non-hydrogen) atoms. The molecule has 0 fully saturated rings. The molecule has 4 rings (SSSR count). The van der Waals surface area contributed by atoms with Gasteiger partial charge in [0, 0.05) is 18.9 Å². The summed E-state index contributed by atoms with van der Waals surface area (Å²) in [4.78, 5) is 23.4. The lowest BCUT2D eigenvalue weighted by molar-refractivity contribution is -0.153. The molecule has 0 saturated carbocycles. The fourth-order valence-corrected chi connectivity index (χ4v) is 4.51. The third kappa shape index (κ3) is 5.32. The van der Waals surface area contributed by atoms with E-state index in [0.29, 0.717) is 18.5 Å². The maximum Gasteiger partial charge on any atom is 0.422 e. The van der Waals surface area contributed by atoms with Crippen LogP contribution < -0.4 is 4.74 Å². The van der Waals surface area contributed by atoms with Crippen LogP contribution in [0.3, 0.4) is 0 Å². The van der Waals surface area contributed by atoms with Crippen molar-refractivity contribution in [3.8, 4) is 16.9 Å². The SMILES string of the molecule is C=CC(Cl)N1Cc2ccc(-c3cccc(OCC(F)(F)F)c3)cc2C(C)(Cc2cncnc2)C1=O. The van der Waals surface area contributed by atoms with Crippen molar-refractivity contribution in [3.63, 3.8) is 0 Å². The molecule has 0 N–H and O–H groups in total. The van der Waals surface area contributed by atoms with Gasteiger partial charge in [-0.15, -0.1) is 0 Å². The quantitative estimate of drug-likeness (QED) is 0.237. The lowest BCUT2D eigenvalue weighted by atomic mass is 9.71. The summed E-state index contributed by atoms with van der Waals surface area (Å²) in [5.41, 5.74) is 2.30. The molecule has 0 bridgehead atoms. The van der Waals surface area contributed by atoms with Crippen LogP contribution in [0.2, 0.25) is 0 Å². The zero-order chi connectivity index (χ0) is 25.2. The second kappa shape index (κ2) is 9.70. The molecule has 0 radical (unpaired) electrons. The van der Waals surface area contributed by atoms with Crippen molar-refractivity contribution in [2.75, 3.05) is 6.61 Å². The minimum atomic E-state index is -4.43. The summed E-state index contributed by atoms with van der Waals surface area (Å²) in [5, 5.41) is 0. The number of halogens is 4. The van der Waals surface area contributed by atoms with E-state index in [4.69, 9.17) is 16.3 Å². The predicted octanol–water partition coefficient (Wildman–Crippen LogP) is 5.68. The maximum atomic E-state index is 13.7. The number of amides is 1. The summed E-state index contributed by atoms with van der Waals surface area (Å²) < 4.78 is 42.7. The van der Waals surface area contributed by atoms with Gasteiger partial charge in [0.15, 0.2) is 6.61 Å². The molecule has 0 saturated heterocycles. The van der Waals surface area contributed by atoms with Crippen LogP contribution in [0.15, 0.2) is 73.8 Å². The third-order valence-corrected chi connectivity index (χ3v) is 6.43. The molecular formula is C26H23ClF3N3O2. The fourth-order valence-electron chi connectivity index (χ4n) is 4.35. The van der Waals surface area contributed by atoms with Gasteiger partial charge in [-0.1, -0.05) is 48.5 Å². The Hall–Kier alpha value is -3.39. The van der Waals surface area contributed by atoms with Crippen molar-refractivity contribution >= 4 is 17.5 Å². The van der Waals surface area contributed by atoms with Crippen LogP contribution >= 0.6 is 11.6 Å². The number of hydrogen-bond donors (Lipinski definition) is 0. The Kier molecular flexibility index (Phi) is 6.85. The number of carbonyl (C=O) groups is 1. The first-order chi connectivity index (χ1) is 16.6. The lowest BCUT2D eigenvalue weighted by Gasteiger charge is -2.42. The van der Waals surface area contributed by atoms with E-state index in [-0.39, 0.29) is 11.7 Å². The first-order valence-corrected chi connectivity index (χ1v) is 11.3. The Morgan fingerprint density at radius 3 is 2.60 bits per heavy atom. The second-order valence-corrected chi connectivity index (χ2v) is 9.05. The van der Waals surface area contributed by atoms with Crippen LogP contribution in [0.4, 0.5) is 13.2 Å². The van der Waals surface area contributed by atoms with Crippen LogP contribution in [-0.4, -0.2) is 39.1 Å². The summed E-state index contributed by atoms with van der Waals surface area (Å²) in [7, 11) is 0. The van der Waals surface area contributed by atoms with Crippen molar-refractivity contribution in [1.29, 1.82) is 0 Å². The van der Waals surface area contributed by atoms with Crippen molar-refractivity contribution in [3.05, 3.63) is 90.5 Å². The molecule has 1 aliphatic heterocycles. The highest BCUT2D eigenvalue weighted by atomic mass is 35.5. The van der Waals surface area contributed by atoms with Gasteiger partial charge in [-0.3, -0.25) is 4.79 Å². The van der Waals surface area contributed by atoms with Gasteiger partial charge >= 0.3 is 6.18 Å². The monoisotopic (exact) mass is 501 g/mol. The molecule has 0 aliphatic carbocycles. The minimum Gasteiger partial charge on any atom is -0.484 e. The van der Waals surface area contributed by atoms with Gasteiger partial charge in [0.2, 0.25) is 5.91 Å². The van der Waals surface area contributed by atoms with Crippen LogP contribution in [0, 0.1) is 0 Å². The van der Waals surface area contributed by atoms with Crippen LogP contribution in [0.1, 0.15) is 23.6 Å². The van der Waals surface area contributed by atoms with Gasteiger partial charge in [-0.25, -0.2) is 9.97 Å². The van der Waals surface area contributed by atoms with Crippen molar-refractivity contribution < 1.29 is 22.7 Å². The van der Waals surface area contributed by atoms with Gasteiger partial charge in [-0.05, 0) is 59.4 Å². The van der Waals surface area contributed by atoms with Gasteiger partial charge in [-0.2, -0.15) is 13.2 Å². The number of benzene rings is 2. The van der Waals surface area contributed by atoms with Crippen molar-refractivity contribution in [2.45, 2.75) is 37.0 Å². The zero-order valence-corrected chi connectivity index (χ0v) is 19.7. The summed E-state index contributed by atoms with van der Waals surface area (Å²) in [5.74, 6) is -0.0480. The molecule has 1 amide bonds. The molecule has 2 atom stereocenters. The normalized spacial score (nSPS) is 18.7. The van der Waals surface area contributed by atoms with E-state index in [9.17, 15) is 18.0 Å². The first kappa shape index (κ1) is 24.7. The Balaban J connectivity index is 1.76. The Labute approximate surface area is 206 Å². The average Bonchev–Trinajstić information content (AvgIpc) is 2.85. The topological polar surface area (TPSA) is 55.3 Å². The van der Waals surface area contributed by atoms with E-state index in [2.05, 4.69) is 16.5 Å². The molecule has 9 heteroatoms. The number of hydrogen-bond acceptors (Lipinski definition) is 4. The largest absolute Gasteiger partial charge is 0.484 e. The maximum absolute atomic E-state index is 13.7. The van der Waals surface area contributed by atoms with Gasteiger partial charge < -0.3 is 9.64 Å². The highest BCUT2D eigenvalue weighted by Gasteiger charge is 2.45. The molecule has 3 aromatic rings. The molecular weight excluding hydrogens is 479 g/mol. The first-order valence-electron chi connectivity index (χ1n) is 10.9. The number of carbonyl (C=O) groups excluding carboxylic acids is 1. The number of aromatic nitrogens is 2. The predicted molar refractivity (Wildman–Crippen MR) is 127 cm³/mol. The number of rotatable bonds is 7. The second-order valence-electron chi connectivity index (χ2n) is 8.60.